The SMILES string of the molecule is CC=CC=CC(=O)NCC(c1ccccc1OC)N1CCCC1. The van der Waals surface area contributed by atoms with Crippen LogP contribution in [0.3, 0.4) is 0 Å². The maximum absolute atomic E-state index is 11.9. The van der Waals surface area contributed by atoms with Gasteiger partial charge in [-0.05, 0) is 38.9 Å². The van der Waals surface area contributed by atoms with Gasteiger partial charge in [0.15, 0.2) is 0 Å². The lowest BCUT2D eigenvalue weighted by molar-refractivity contribution is -0.116. The zero-order valence-electron chi connectivity index (χ0n) is 14.0. The van der Waals surface area contributed by atoms with Gasteiger partial charge < -0.3 is 10.1 Å². The van der Waals surface area contributed by atoms with Crippen LogP contribution in [0, 0.1) is 0 Å². The maximum Gasteiger partial charge on any atom is 0.244 e. The number of ether oxygens (including phenoxy) is 1. The average molecular weight is 314 g/mol. The molecular formula is C19H26N2O2. The van der Waals surface area contributed by atoms with Gasteiger partial charge in [-0.2, -0.15) is 0 Å². The second kappa shape index (κ2) is 9.16. The third-order valence-electron chi connectivity index (χ3n) is 4.10. The number of carbonyl (C=O) groups is 1. The summed E-state index contributed by atoms with van der Waals surface area (Å²) < 4.78 is 5.51. The molecule has 0 bridgehead atoms. The first-order valence-corrected chi connectivity index (χ1v) is 8.20. The standard InChI is InChI=1S/C19H26N2O2/c1-3-4-5-12-19(22)20-15-17(21-13-8-9-14-21)16-10-6-7-11-18(16)23-2/h3-7,10-12,17H,8-9,13-15H2,1-2H3,(H,20,22). The predicted octanol–water partition coefficient (Wildman–Crippen LogP) is 3.08. The van der Waals surface area contributed by atoms with Crippen molar-refractivity contribution in [2.75, 3.05) is 26.7 Å². The molecule has 4 heteroatoms. The summed E-state index contributed by atoms with van der Waals surface area (Å²) in [4.78, 5) is 14.4. The summed E-state index contributed by atoms with van der Waals surface area (Å²) in [5.41, 5.74) is 1.13. The molecule has 0 saturated carbocycles. The molecule has 1 aliphatic rings. The van der Waals surface area contributed by atoms with E-state index in [0.29, 0.717) is 6.54 Å². The van der Waals surface area contributed by atoms with Gasteiger partial charge in [0.25, 0.3) is 0 Å². The van der Waals surface area contributed by atoms with E-state index in [1.165, 1.54) is 12.8 Å². The van der Waals surface area contributed by atoms with Gasteiger partial charge in [-0.15, -0.1) is 0 Å². The van der Waals surface area contributed by atoms with Crippen molar-refractivity contribution in [1.82, 2.24) is 10.2 Å². The molecule has 1 fully saturated rings. The fourth-order valence-electron chi connectivity index (χ4n) is 2.94. The second-order valence-electron chi connectivity index (χ2n) is 5.63. The van der Waals surface area contributed by atoms with Crippen LogP contribution < -0.4 is 10.1 Å². The summed E-state index contributed by atoms with van der Waals surface area (Å²) >= 11 is 0. The van der Waals surface area contributed by atoms with E-state index in [1.807, 2.05) is 37.3 Å². The number of allylic oxidation sites excluding steroid dienone is 3. The third kappa shape index (κ3) is 4.96. The summed E-state index contributed by atoms with van der Waals surface area (Å²) in [6.07, 6.45) is 9.47. The number of rotatable bonds is 7. The molecule has 1 aliphatic heterocycles. The zero-order chi connectivity index (χ0) is 16.5. The van der Waals surface area contributed by atoms with Gasteiger partial charge in [-0.3, -0.25) is 9.69 Å². The lowest BCUT2D eigenvalue weighted by Gasteiger charge is -2.29. The number of likely N-dealkylation sites (tertiary alicyclic amines) is 1. The highest BCUT2D eigenvalue weighted by Crippen LogP contribution is 2.31. The Hall–Kier alpha value is -2.07. The van der Waals surface area contributed by atoms with Crippen molar-refractivity contribution < 1.29 is 9.53 Å². The number of nitrogens with one attached hydrogen (secondary N) is 1. The van der Waals surface area contributed by atoms with E-state index in [2.05, 4.69) is 16.3 Å². The molecule has 1 aromatic rings. The van der Waals surface area contributed by atoms with Crippen LogP contribution in [0.5, 0.6) is 5.75 Å². The summed E-state index contributed by atoms with van der Waals surface area (Å²) in [6.45, 7) is 4.63. The lowest BCUT2D eigenvalue weighted by Crippen LogP contribution is -2.36. The molecule has 1 amide bonds. The summed E-state index contributed by atoms with van der Waals surface area (Å²) in [5.74, 6) is 0.810. The number of benzene rings is 1. The van der Waals surface area contributed by atoms with Crippen LogP contribution in [0.2, 0.25) is 0 Å². The Labute approximate surface area is 138 Å². The number of nitrogens with zero attached hydrogens (tertiary/aromatic N) is 1. The first-order valence-electron chi connectivity index (χ1n) is 8.20. The Balaban J connectivity index is 2.10. The van der Waals surface area contributed by atoms with Crippen LogP contribution in [-0.2, 0) is 4.79 Å². The molecule has 1 atom stereocenters. The first-order chi connectivity index (χ1) is 11.3. The largest absolute Gasteiger partial charge is 0.496 e. The van der Waals surface area contributed by atoms with Gasteiger partial charge >= 0.3 is 0 Å². The van der Waals surface area contributed by atoms with Crippen molar-refractivity contribution >= 4 is 5.91 Å². The predicted molar refractivity (Wildman–Crippen MR) is 93.5 cm³/mol. The molecule has 4 nitrogen and oxygen atoms in total. The quantitative estimate of drug-likeness (QED) is 0.621. The van der Waals surface area contributed by atoms with Crippen LogP contribution in [0.4, 0.5) is 0 Å². The highest BCUT2D eigenvalue weighted by molar-refractivity contribution is 5.87. The van der Waals surface area contributed by atoms with Crippen molar-refractivity contribution in [3.8, 4) is 5.75 Å². The average Bonchev–Trinajstić information content (AvgIpc) is 3.10. The molecule has 1 unspecified atom stereocenters. The molecule has 0 spiro atoms. The molecule has 1 saturated heterocycles. The Morgan fingerprint density at radius 1 is 1.30 bits per heavy atom. The van der Waals surface area contributed by atoms with E-state index in [9.17, 15) is 4.79 Å². The second-order valence-corrected chi connectivity index (χ2v) is 5.63. The molecule has 1 N–H and O–H groups in total. The van der Waals surface area contributed by atoms with Crippen molar-refractivity contribution in [3.63, 3.8) is 0 Å². The van der Waals surface area contributed by atoms with E-state index < -0.39 is 0 Å². The molecule has 0 radical (unpaired) electrons. The van der Waals surface area contributed by atoms with E-state index in [1.54, 1.807) is 19.3 Å². The molecule has 0 aromatic heterocycles. The van der Waals surface area contributed by atoms with E-state index in [4.69, 9.17) is 4.74 Å². The highest BCUT2D eigenvalue weighted by atomic mass is 16.5. The minimum atomic E-state index is -0.0674. The van der Waals surface area contributed by atoms with E-state index >= 15 is 0 Å². The fraction of sp³-hybridized carbons (Fsp3) is 0.421. The van der Waals surface area contributed by atoms with Gasteiger partial charge in [-0.25, -0.2) is 0 Å². The zero-order valence-corrected chi connectivity index (χ0v) is 14.0. The van der Waals surface area contributed by atoms with Crippen LogP contribution in [0.15, 0.2) is 48.6 Å². The number of hydrogen-bond acceptors (Lipinski definition) is 3. The van der Waals surface area contributed by atoms with Gasteiger partial charge in [-0.1, -0.05) is 36.4 Å². The summed E-state index contributed by atoms with van der Waals surface area (Å²) in [6, 6.07) is 8.21. The lowest BCUT2D eigenvalue weighted by atomic mass is 10.0. The molecule has 1 heterocycles. The summed E-state index contributed by atoms with van der Waals surface area (Å²) in [5, 5.41) is 3.01. The molecule has 124 valence electrons. The molecule has 1 aromatic carbocycles. The number of hydrogen-bond donors (Lipinski definition) is 1. The third-order valence-corrected chi connectivity index (χ3v) is 4.10. The molecule has 0 aliphatic carbocycles. The summed E-state index contributed by atoms with van der Waals surface area (Å²) in [7, 11) is 1.69. The molecule has 2 rings (SSSR count). The normalized spacial score (nSPS) is 17.0. The topological polar surface area (TPSA) is 41.6 Å². The van der Waals surface area contributed by atoms with Crippen LogP contribution in [-0.4, -0.2) is 37.6 Å². The van der Waals surface area contributed by atoms with Crippen molar-refractivity contribution in [3.05, 3.63) is 54.1 Å². The monoisotopic (exact) mass is 314 g/mol. The van der Waals surface area contributed by atoms with Crippen LogP contribution >= 0.6 is 0 Å². The number of methoxy groups -OCH3 is 1. The van der Waals surface area contributed by atoms with Gasteiger partial charge in [0.2, 0.25) is 5.91 Å². The smallest absolute Gasteiger partial charge is 0.244 e. The minimum Gasteiger partial charge on any atom is -0.496 e. The Kier molecular flexibility index (Phi) is 6.88. The van der Waals surface area contributed by atoms with Crippen molar-refractivity contribution in [2.24, 2.45) is 0 Å². The van der Waals surface area contributed by atoms with E-state index in [-0.39, 0.29) is 11.9 Å². The first kappa shape index (κ1) is 17.3. The van der Waals surface area contributed by atoms with Crippen LogP contribution in [0.25, 0.3) is 0 Å². The van der Waals surface area contributed by atoms with Gasteiger partial charge in [0.1, 0.15) is 5.75 Å². The number of para-hydroxylation sites is 1. The van der Waals surface area contributed by atoms with E-state index in [0.717, 1.165) is 24.4 Å². The minimum absolute atomic E-state index is 0.0674. The Morgan fingerprint density at radius 2 is 2.04 bits per heavy atom. The maximum atomic E-state index is 11.9. The molecule has 23 heavy (non-hydrogen) atoms. The van der Waals surface area contributed by atoms with Crippen molar-refractivity contribution in [1.29, 1.82) is 0 Å². The van der Waals surface area contributed by atoms with Crippen LogP contribution in [0.1, 0.15) is 31.4 Å². The highest BCUT2D eigenvalue weighted by Gasteiger charge is 2.25. The Morgan fingerprint density at radius 3 is 2.74 bits per heavy atom. The Bertz CT molecular complexity index is 560. The molecular weight excluding hydrogens is 288 g/mol. The number of carbonyl (C=O) groups excluding carboxylic acids is 1. The van der Waals surface area contributed by atoms with Crippen molar-refractivity contribution in [2.45, 2.75) is 25.8 Å². The number of amides is 1. The van der Waals surface area contributed by atoms with Gasteiger partial charge in [0.05, 0.1) is 13.2 Å². The fourth-order valence-corrected chi connectivity index (χ4v) is 2.94. The van der Waals surface area contributed by atoms with Gasteiger partial charge in [0, 0.05) is 18.2 Å².